The predicted molar refractivity (Wildman–Crippen MR) is 121 cm³/mol. The van der Waals surface area contributed by atoms with E-state index in [1.165, 1.54) is 12.8 Å². The molecule has 0 aliphatic carbocycles. The number of fused-ring (bicyclic) bond motifs is 3. The molecule has 0 radical (unpaired) electrons. The summed E-state index contributed by atoms with van der Waals surface area (Å²) in [6, 6.07) is 11.3. The standard InChI is InChI=1S/C23H26N8O/c1-15-10-21(26-14-32)29-31(15)22-13-20-19(4-2-8-25-20)23(28-22)27-16-11-17-5-6-18(12-16)30(17)9-3-7-24/h2,4,8,10,13-14,16-18H,3,5-6,9,11-12H2,1H3,(H,27,28)(H,26,29,32). The van der Waals surface area contributed by atoms with Crippen LogP contribution in [0, 0.1) is 18.3 Å². The van der Waals surface area contributed by atoms with Crippen molar-refractivity contribution in [2.24, 2.45) is 0 Å². The highest BCUT2D eigenvalue weighted by Crippen LogP contribution is 2.37. The molecule has 9 heteroatoms. The predicted octanol–water partition coefficient (Wildman–Crippen LogP) is 3.01. The Bertz CT molecular complexity index is 1170. The number of nitriles is 1. The smallest absolute Gasteiger partial charge is 0.212 e. The summed E-state index contributed by atoms with van der Waals surface area (Å²) >= 11 is 0. The number of carbonyl (C=O) groups excluding carboxylic acids is 1. The molecule has 2 atom stereocenters. The first kappa shape index (κ1) is 20.4. The Kier molecular flexibility index (Phi) is 5.45. The lowest BCUT2D eigenvalue weighted by Gasteiger charge is -2.39. The van der Waals surface area contributed by atoms with Crippen LogP contribution in [0.25, 0.3) is 16.7 Å². The van der Waals surface area contributed by atoms with Crippen LogP contribution in [0.2, 0.25) is 0 Å². The Morgan fingerprint density at radius 1 is 1.28 bits per heavy atom. The van der Waals surface area contributed by atoms with Gasteiger partial charge in [-0.05, 0) is 44.7 Å². The van der Waals surface area contributed by atoms with E-state index in [1.807, 2.05) is 25.1 Å². The molecule has 2 N–H and O–H groups in total. The first-order valence-electron chi connectivity index (χ1n) is 11.1. The molecule has 32 heavy (non-hydrogen) atoms. The third-order valence-electron chi connectivity index (χ3n) is 6.60. The van der Waals surface area contributed by atoms with E-state index in [0.717, 1.165) is 41.8 Å². The summed E-state index contributed by atoms with van der Waals surface area (Å²) < 4.78 is 1.72. The molecule has 3 aromatic rings. The van der Waals surface area contributed by atoms with Gasteiger partial charge in [-0.2, -0.15) is 5.26 Å². The number of piperidine rings is 1. The molecule has 164 valence electrons. The highest BCUT2D eigenvalue weighted by atomic mass is 16.1. The highest BCUT2D eigenvalue weighted by Gasteiger charge is 2.40. The van der Waals surface area contributed by atoms with Crippen molar-refractivity contribution in [2.75, 3.05) is 17.2 Å². The normalized spacial score (nSPS) is 22.6. The Balaban J connectivity index is 1.44. The van der Waals surface area contributed by atoms with Crippen LogP contribution < -0.4 is 10.6 Å². The largest absolute Gasteiger partial charge is 0.367 e. The Hall–Kier alpha value is -3.51. The zero-order valence-corrected chi connectivity index (χ0v) is 18.0. The summed E-state index contributed by atoms with van der Waals surface area (Å²) in [7, 11) is 0. The van der Waals surface area contributed by atoms with Crippen LogP contribution in [0.1, 0.15) is 37.8 Å². The van der Waals surface area contributed by atoms with E-state index in [2.05, 4.69) is 31.7 Å². The summed E-state index contributed by atoms with van der Waals surface area (Å²) in [5, 5.41) is 20.7. The van der Waals surface area contributed by atoms with Gasteiger partial charge in [-0.15, -0.1) is 5.10 Å². The third-order valence-corrected chi connectivity index (χ3v) is 6.60. The molecule has 5 rings (SSSR count). The van der Waals surface area contributed by atoms with Crippen LogP contribution in [0.5, 0.6) is 0 Å². The number of amides is 1. The number of nitrogens with zero attached hydrogens (tertiary/aromatic N) is 6. The number of hydrogen-bond acceptors (Lipinski definition) is 7. The van der Waals surface area contributed by atoms with Gasteiger partial charge in [0.2, 0.25) is 6.41 Å². The SMILES string of the molecule is Cc1cc(NC=O)nn1-c1cc2ncccc2c(NC2CC3CCC(C2)N3CCC#N)n1. The van der Waals surface area contributed by atoms with E-state index in [-0.39, 0.29) is 0 Å². The zero-order chi connectivity index (χ0) is 22.1. The third kappa shape index (κ3) is 3.78. The van der Waals surface area contributed by atoms with Gasteiger partial charge >= 0.3 is 0 Å². The van der Waals surface area contributed by atoms with Crippen LogP contribution in [-0.2, 0) is 4.79 Å². The number of pyridine rings is 2. The second-order valence-corrected chi connectivity index (χ2v) is 8.59. The summed E-state index contributed by atoms with van der Waals surface area (Å²) in [6.07, 6.45) is 7.47. The van der Waals surface area contributed by atoms with E-state index < -0.39 is 0 Å². The van der Waals surface area contributed by atoms with E-state index >= 15 is 0 Å². The number of aryl methyl sites for hydroxylation is 1. The van der Waals surface area contributed by atoms with Crippen molar-refractivity contribution in [2.45, 2.75) is 57.2 Å². The van der Waals surface area contributed by atoms with Gasteiger partial charge in [0.1, 0.15) is 5.82 Å². The molecule has 2 unspecified atom stereocenters. The van der Waals surface area contributed by atoms with E-state index in [0.29, 0.717) is 42.6 Å². The minimum atomic E-state index is 0.322. The van der Waals surface area contributed by atoms with Crippen LogP contribution in [0.15, 0.2) is 30.5 Å². The lowest BCUT2D eigenvalue weighted by molar-refractivity contribution is -0.105. The summed E-state index contributed by atoms with van der Waals surface area (Å²) in [5.41, 5.74) is 1.71. The second-order valence-electron chi connectivity index (χ2n) is 8.59. The van der Waals surface area contributed by atoms with Crippen molar-refractivity contribution in [3.8, 4) is 11.9 Å². The number of hydrogen-bond donors (Lipinski definition) is 2. The minimum Gasteiger partial charge on any atom is -0.367 e. The van der Waals surface area contributed by atoms with Gasteiger partial charge in [0.05, 0.1) is 11.6 Å². The van der Waals surface area contributed by atoms with Gasteiger partial charge in [-0.1, -0.05) is 0 Å². The van der Waals surface area contributed by atoms with Gasteiger partial charge in [-0.25, -0.2) is 9.67 Å². The monoisotopic (exact) mass is 430 g/mol. The Morgan fingerprint density at radius 3 is 2.84 bits per heavy atom. The molecule has 9 nitrogen and oxygen atoms in total. The first-order valence-corrected chi connectivity index (χ1v) is 11.1. The molecular weight excluding hydrogens is 404 g/mol. The molecule has 2 aliphatic rings. The lowest BCUT2D eigenvalue weighted by atomic mass is 9.97. The number of anilines is 2. The lowest BCUT2D eigenvalue weighted by Crippen LogP contribution is -2.47. The van der Waals surface area contributed by atoms with Gasteiger partial charge < -0.3 is 10.6 Å². The maximum absolute atomic E-state index is 10.8. The van der Waals surface area contributed by atoms with Crippen molar-refractivity contribution in [1.82, 2.24) is 24.6 Å². The summed E-state index contributed by atoms with van der Waals surface area (Å²) in [4.78, 5) is 22.8. The molecule has 5 heterocycles. The van der Waals surface area contributed by atoms with Crippen molar-refractivity contribution in [1.29, 1.82) is 5.26 Å². The maximum atomic E-state index is 10.8. The van der Waals surface area contributed by atoms with Crippen molar-refractivity contribution in [3.63, 3.8) is 0 Å². The number of aromatic nitrogens is 4. The number of carbonyl (C=O) groups is 1. The second kappa shape index (κ2) is 8.55. The average Bonchev–Trinajstić information content (AvgIpc) is 3.27. The maximum Gasteiger partial charge on any atom is 0.212 e. The van der Waals surface area contributed by atoms with E-state index in [4.69, 9.17) is 10.2 Å². The average molecular weight is 431 g/mol. The molecule has 0 aromatic carbocycles. The van der Waals surface area contributed by atoms with Crippen LogP contribution in [0.4, 0.5) is 11.6 Å². The fourth-order valence-corrected chi connectivity index (χ4v) is 5.25. The fraction of sp³-hybridized carbons (Fsp3) is 0.435. The quantitative estimate of drug-likeness (QED) is 0.554. The first-order chi connectivity index (χ1) is 15.7. The van der Waals surface area contributed by atoms with E-state index in [9.17, 15) is 4.79 Å². The van der Waals surface area contributed by atoms with Gasteiger partial charge in [0, 0.05) is 60.5 Å². The summed E-state index contributed by atoms with van der Waals surface area (Å²) in [6.45, 7) is 2.80. The molecule has 0 saturated carbocycles. The van der Waals surface area contributed by atoms with Gasteiger partial charge in [0.15, 0.2) is 11.6 Å². The molecule has 1 amide bonds. The molecule has 0 spiro atoms. The van der Waals surface area contributed by atoms with Crippen molar-refractivity contribution < 1.29 is 4.79 Å². The molecule has 2 fully saturated rings. The van der Waals surface area contributed by atoms with Crippen LogP contribution >= 0.6 is 0 Å². The topological polar surface area (TPSA) is 112 Å². The number of nitrogens with one attached hydrogen (secondary N) is 2. The molecule has 2 bridgehead atoms. The fourth-order valence-electron chi connectivity index (χ4n) is 5.25. The highest BCUT2D eigenvalue weighted by molar-refractivity contribution is 5.90. The van der Waals surface area contributed by atoms with Crippen LogP contribution in [-0.4, -0.2) is 55.7 Å². The van der Waals surface area contributed by atoms with Gasteiger partial charge in [0.25, 0.3) is 0 Å². The Morgan fingerprint density at radius 2 is 2.09 bits per heavy atom. The van der Waals surface area contributed by atoms with Gasteiger partial charge in [-0.3, -0.25) is 14.7 Å². The molecule has 3 aromatic heterocycles. The van der Waals surface area contributed by atoms with Crippen molar-refractivity contribution in [3.05, 3.63) is 36.2 Å². The van der Waals surface area contributed by atoms with E-state index in [1.54, 1.807) is 16.9 Å². The van der Waals surface area contributed by atoms with Crippen molar-refractivity contribution >= 4 is 28.9 Å². The summed E-state index contributed by atoms with van der Waals surface area (Å²) in [5.74, 6) is 1.95. The molecule has 2 aliphatic heterocycles. The Labute approximate surface area is 186 Å². The van der Waals surface area contributed by atoms with Crippen LogP contribution in [0.3, 0.4) is 0 Å². The zero-order valence-electron chi connectivity index (χ0n) is 18.0. The number of rotatable bonds is 7. The molecule has 2 saturated heterocycles. The molecular formula is C23H26N8O. The minimum absolute atomic E-state index is 0.322.